The first-order valence-electron chi connectivity index (χ1n) is 2.78. The van der Waals surface area contributed by atoms with Crippen molar-refractivity contribution in [3.05, 3.63) is 0 Å². The summed E-state index contributed by atoms with van der Waals surface area (Å²) in [6.45, 7) is 3.33. The van der Waals surface area contributed by atoms with Gasteiger partial charge in [0.15, 0.2) is 0 Å². The fourth-order valence-corrected chi connectivity index (χ4v) is 0.358. The molecule has 50 valence electrons. The second kappa shape index (κ2) is 3.13. The summed E-state index contributed by atoms with van der Waals surface area (Å²) in [7, 11) is 0. The average Bonchev–Trinajstić information content (AvgIpc) is 1.84. The number of hydrogen-bond donors (Lipinski definition) is 1. The average molecular weight is 126 g/mol. The van der Waals surface area contributed by atoms with Crippen LogP contribution >= 0.6 is 0 Å². The molecule has 0 spiro atoms. The summed E-state index contributed by atoms with van der Waals surface area (Å²) >= 11 is 0. The fraction of sp³-hybridized carbons (Fsp3) is 0.571. The van der Waals surface area contributed by atoms with Gasteiger partial charge >= 0.3 is 5.97 Å². The zero-order valence-electron chi connectivity index (χ0n) is 5.59. The molecule has 0 saturated carbocycles. The molecular weight excluding hydrogens is 116 g/mol. The van der Waals surface area contributed by atoms with Crippen LogP contribution in [0.15, 0.2) is 0 Å². The quantitative estimate of drug-likeness (QED) is 0.560. The van der Waals surface area contributed by atoms with Crippen molar-refractivity contribution in [3.8, 4) is 12.3 Å². The number of hydrogen-bond acceptors (Lipinski definition) is 1. The van der Waals surface area contributed by atoms with Gasteiger partial charge in [0.1, 0.15) is 0 Å². The van der Waals surface area contributed by atoms with Crippen molar-refractivity contribution in [2.75, 3.05) is 0 Å². The molecule has 1 N–H and O–H groups in total. The Labute approximate surface area is 54.9 Å². The van der Waals surface area contributed by atoms with Gasteiger partial charge in [0.25, 0.3) is 0 Å². The van der Waals surface area contributed by atoms with Gasteiger partial charge in [-0.3, -0.25) is 4.79 Å². The molecule has 0 fully saturated rings. The van der Waals surface area contributed by atoms with Crippen LogP contribution in [0.1, 0.15) is 13.8 Å². The predicted octanol–water partition coefficient (Wildman–Crippen LogP) is 0.976. The third-order valence-corrected chi connectivity index (χ3v) is 1.40. The van der Waals surface area contributed by atoms with Crippen LogP contribution < -0.4 is 0 Å². The molecule has 0 aromatic rings. The van der Waals surface area contributed by atoms with Gasteiger partial charge in [-0.15, -0.1) is 12.3 Å². The zero-order valence-corrected chi connectivity index (χ0v) is 5.59. The van der Waals surface area contributed by atoms with Crippen LogP contribution in [0, 0.1) is 24.2 Å². The number of carboxylic acids is 1. The molecule has 2 atom stereocenters. The summed E-state index contributed by atoms with van der Waals surface area (Å²) in [5.74, 6) is 0.919. The van der Waals surface area contributed by atoms with E-state index in [4.69, 9.17) is 11.5 Å². The maximum absolute atomic E-state index is 10.2. The molecule has 2 heteroatoms. The molecule has 0 saturated heterocycles. The Bertz CT molecular complexity index is 143. The number of aliphatic carboxylic acids is 1. The molecule has 0 aromatic carbocycles. The Kier molecular flexibility index (Phi) is 2.80. The second-order valence-electron chi connectivity index (χ2n) is 2.08. The molecule has 0 aromatic heterocycles. The van der Waals surface area contributed by atoms with Crippen molar-refractivity contribution in [3.63, 3.8) is 0 Å². The predicted molar refractivity (Wildman–Crippen MR) is 34.8 cm³/mol. The summed E-state index contributed by atoms with van der Waals surface area (Å²) in [4.78, 5) is 10.2. The van der Waals surface area contributed by atoms with E-state index < -0.39 is 11.9 Å². The molecule has 0 aliphatic rings. The van der Waals surface area contributed by atoms with Gasteiger partial charge in [0, 0.05) is 5.92 Å². The highest BCUT2D eigenvalue weighted by molar-refractivity contribution is 5.70. The maximum atomic E-state index is 10.2. The second-order valence-corrected chi connectivity index (χ2v) is 2.08. The largest absolute Gasteiger partial charge is 0.481 e. The van der Waals surface area contributed by atoms with E-state index in [-0.39, 0.29) is 5.92 Å². The van der Waals surface area contributed by atoms with Crippen molar-refractivity contribution >= 4 is 5.97 Å². The van der Waals surface area contributed by atoms with Crippen LogP contribution in [0.3, 0.4) is 0 Å². The fourth-order valence-electron chi connectivity index (χ4n) is 0.358. The van der Waals surface area contributed by atoms with Crippen LogP contribution in [-0.2, 0) is 4.79 Å². The zero-order chi connectivity index (χ0) is 7.44. The number of carboxylic acid groups (broad SMARTS) is 1. The topological polar surface area (TPSA) is 37.3 Å². The lowest BCUT2D eigenvalue weighted by Gasteiger charge is -2.07. The molecule has 0 rings (SSSR count). The minimum Gasteiger partial charge on any atom is -0.481 e. The molecule has 0 amide bonds. The molecule has 0 radical (unpaired) electrons. The Morgan fingerprint density at radius 2 is 2.11 bits per heavy atom. The molecule has 0 aliphatic carbocycles. The Morgan fingerprint density at radius 3 is 2.22 bits per heavy atom. The van der Waals surface area contributed by atoms with E-state index in [1.807, 2.05) is 0 Å². The molecule has 0 aliphatic heterocycles. The monoisotopic (exact) mass is 126 g/mol. The minimum atomic E-state index is -0.833. The van der Waals surface area contributed by atoms with Gasteiger partial charge in [-0.05, 0) is 0 Å². The summed E-state index contributed by atoms with van der Waals surface area (Å²) in [6.07, 6.45) is 5.00. The Hall–Kier alpha value is -0.970. The lowest BCUT2D eigenvalue weighted by Crippen LogP contribution is -2.16. The number of rotatable bonds is 2. The van der Waals surface area contributed by atoms with Gasteiger partial charge in [-0.25, -0.2) is 0 Å². The number of carbonyl (C=O) groups is 1. The summed E-state index contributed by atoms with van der Waals surface area (Å²) in [5.41, 5.74) is 0. The standard InChI is InChI=1S/C7H10O2/c1-4-5(2)6(3)7(8)9/h1,5-6H,2-3H3,(H,8,9)/t5-,6+/m1/s1. The molecule has 0 heterocycles. The highest BCUT2D eigenvalue weighted by Crippen LogP contribution is 2.08. The summed E-state index contributed by atoms with van der Waals surface area (Å²) < 4.78 is 0. The van der Waals surface area contributed by atoms with E-state index in [0.29, 0.717) is 0 Å². The minimum absolute atomic E-state index is 0.178. The smallest absolute Gasteiger partial charge is 0.307 e. The van der Waals surface area contributed by atoms with Gasteiger partial charge in [0.2, 0.25) is 0 Å². The van der Waals surface area contributed by atoms with Crippen LogP contribution in [-0.4, -0.2) is 11.1 Å². The highest BCUT2D eigenvalue weighted by Gasteiger charge is 2.16. The van der Waals surface area contributed by atoms with Gasteiger partial charge in [-0.2, -0.15) is 0 Å². The summed E-state index contributed by atoms with van der Waals surface area (Å²) in [6, 6.07) is 0. The van der Waals surface area contributed by atoms with Gasteiger partial charge in [-0.1, -0.05) is 13.8 Å². The van der Waals surface area contributed by atoms with Crippen molar-refractivity contribution in [2.24, 2.45) is 11.8 Å². The SMILES string of the molecule is C#C[C@@H](C)[C@H](C)C(=O)O. The normalized spacial score (nSPS) is 15.7. The summed E-state index contributed by atoms with van der Waals surface area (Å²) in [5, 5.41) is 8.39. The molecule has 2 nitrogen and oxygen atoms in total. The van der Waals surface area contributed by atoms with Crippen LogP contribution in [0.2, 0.25) is 0 Å². The van der Waals surface area contributed by atoms with E-state index in [9.17, 15) is 4.79 Å². The lowest BCUT2D eigenvalue weighted by molar-refractivity contribution is -0.142. The third kappa shape index (κ3) is 2.18. The Balaban J connectivity index is 3.91. The lowest BCUT2D eigenvalue weighted by atomic mass is 9.97. The number of terminal acetylenes is 1. The van der Waals surface area contributed by atoms with Crippen LogP contribution in [0.25, 0.3) is 0 Å². The van der Waals surface area contributed by atoms with Gasteiger partial charge in [0.05, 0.1) is 5.92 Å². The highest BCUT2D eigenvalue weighted by atomic mass is 16.4. The maximum Gasteiger partial charge on any atom is 0.307 e. The van der Waals surface area contributed by atoms with Crippen LogP contribution in [0.5, 0.6) is 0 Å². The molecule has 0 bridgehead atoms. The van der Waals surface area contributed by atoms with E-state index in [1.165, 1.54) is 0 Å². The van der Waals surface area contributed by atoms with E-state index in [0.717, 1.165) is 0 Å². The van der Waals surface area contributed by atoms with Crippen molar-refractivity contribution in [2.45, 2.75) is 13.8 Å². The molecule has 0 unspecified atom stereocenters. The van der Waals surface area contributed by atoms with Crippen LogP contribution in [0.4, 0.5) is 0 Å². The van der Waals surface area contributed by atoms with Crippen molar-refractivity contribution < 1.29 is 9.90 Å². The van der Waals surface area contributed by atoms with Crippen molar-refractivity contribution in [1.82, 2.24) is 0 Å². The van der Waals surface area contributed by atoms with E-state index in [2.05, 4.69) is 5.92 Å². The third-order valence-electron chi connectivity index (χ3n) is 1.40. The first-order valence-corrected chi connectivity index (χ1v) is 2.78. The Morgan fingerprint density at radius 1 is 1.67 bits per heavy atom. The van der Waals surface area contributed by atoms with Crippen molar-refractivity contribution in [1.29, 1.82) is 0 Å². The molecular formula is C7H10O2. The van der Waals surface area contributed by atoms with E-state index >= 15 is 0 Å². The van der Waals surface area contributed by atoms with E-state index in [1.54, 1.807) is 13.8 Å². The van der Waals surface area contributed by atoms with Gasteiger partial charge < -0.3 is 5.11 Å². The first-order chi connectivity index (χ1) is 4.09. The first kappa shape index (κ1) is 8.03. The molecule has 9 heavy (non-hydrogen) atoms.